The van der Waals surface area contributed by atoms with E-state index in [0.29, 0.717) is 13.0 Å². The van der Waals surface area contributed by atoms with Gasteiger partial charge in [-0.15, -0.1) is 5.10 Å². The van der Waals surface area contributed by atoms with E-state index in [1.165, 1.54) is 0 Å². The molecule has 1 fully saturated rings. The molecule has 1 atom stereocenters. The quantitative estimate of drug-likeness (QED) is 0.730. The van der Waals surface area contributed by atoms with Crippen molar-refractivity contribution in [3.63, 3.8) is 0 Å². The van der Waals surface area contributed by atoms with E-state index in [-0.39, 0.29) is 11.9 Å². The summed E-state index contributed by atoms with van der Waals surface area (Å²) in [7, 11) is 0. The van der Waals surface area contributed by atoms with Crippen molar-refractivity contribution in [2.24, 2.45) is 0 Å². The summed E-state index contributed by atoms with van der Waals surface area (Å²) in [5.41, 5.74) is 4.02. The Bertz CT molecular complexity index is 911. The summed E-state index contributed by atoms with van der Waals surface area (Å²) in [5, 5.41) is 12.9. The van der Waals surface area contributed by atoms with Crippen molar-refractivity contribution in [2.75, 3.05) is 13.1 Å². The third-order valence-electron chi connectivity index (χ3n) is 4.86. The molecule has 1 aliphatic rings. The largest absolute Gasteiger partial charge is 0.340 e. The highest BCUT2D eigenvalue weighted by molar-refractivity contribution is 5.77. The van der Waals surface area contributed by atoms with Crippen LogP contribution in [0.4, 0.5) is 0 Å². The zero-order valence-corrected chi connectivity index (χ0v) is 14.6. The van der Waals surface area contributed by atoms with E-state index in [4.69, 9.17) is 0 Å². The number of aromatic nitrogens is 5. The van der Waals surface area contributed by atoms with Crippen LogP contribution in [0.2, 0.25) is 0 Å². The van der Waals surface area contributed by atoms with Crippen molar-refractivity contribution < 1.29 is 4.79 Å². The van der Waals surface area contributed by atoms with Crippen LogP contribution in [-0.2, 0) is 11.3 Å². The number of carbonyl (C=O) groups is 1. The summed E-state index contributed by atoms with van der Waals surface area (Å²) in [6.07, 6.45) is 1.40. The predicted molar refractivity (Wildman–Crippen MR) is 94.1 cm³/mol. The lowest BCUT2D eigenvalue weighted by atomic mass is 10.2. The highest BCUT2D eigenvalue weighted by Crippen LogP contribution is 2.23. The van der Waals surface area contributed by atoms with E-state index in [1.54, 1.807) is 0 Å². The number of benzene rings is 1. The van der Waals surface area contributed by atoms with Gasteiger partial charge in [0.15, 0.2) is 0 Å². The lowest BCUT2D eigenvalue weighted by Gasteiger charge is -2.17. The molecule has 3 aromatic rings. The Morgan fingerprint density at radius 3 is 2.92 bits per heavy atom. The minimum Gasteiger partial charge on any atom is -0.340 e. The van der Waals surface area contributed by atoms with E-state index in [9.17, 15) is 4.79 Å². The monoisotopic (exact) mass is 338 g/mol. The van der Waals surface area contributed by atoms with Crippen molar-refractivity contribution in [3.05, 3.63) is 41.7 Å². The second kappa shape index (κ2) is 6.31. The van der Waals surface area contributed by atoms with E-state index >= 15 is 0 Å². The smallest absolute Gasteiger partial charge is 0.224 e. The molecule has 1 amide bonds. The van der Waals surface area contributed by atoms with Crippen LogP contribution in [-0.4, -0.2) is 48.7 Å². The molecule has 7 heteroatoms. The predicted octanol–water partition coefficient (Wildman–Crippen LogP) is 2.11. The van der Waals surface area contributed by atoms with Gasteiger partial charge >= 0.3 is 0 Å². The summed E-state index contributed by atoms with van der Waals surface area (Å²) < 4.78 is 3.87. The van der Waals surface area contributed by atoms with E-state index in [2.05, 4.69) is 33.1 Å². The number of hydrogen-bond acceptors (Lipinski definition) is 4. The maximum atomic E-state index is 12.6. The average molecular weight is 338 g/mol. The highest BCUT2D eigenvalue weighted by Gasteiger charge is 2.28. The summed E-state index contributed by atoms with van der Waals surface area (Å²) in [4.78, 5) is 14.5. The Balaban J connectivity index is 1.38. The van der Waals surface area contributed by atoms with Crippen LogP contribution in [0.3, 0.4) is 0 Å². The van der Waals surface area contributed by atoms with Gasteiger partial charge in [0, 0.05) is 25.2 Å². The number of carbonyl (C=O) groups excluding carboxylic acids is 1. The number of nitrogens with zero attached hydrogens (tertiary/aromatic N) is 6. The highest BCUT2D eigenvalue weighted by atomic mass is 16.2. The number of amides is 1. The minimum absolute atomic E-state index is 0.170. The first-order valence-electron chi connectivity index (χ1n) is 8.70. The molecule has 4 rings (SSSR count). The van der Waals surface area contributed by atoms with Crippen molar-refractivity contribution >= 4 is 16.9 Å². The van der Waals surface area contributed by atoms with Gasteiger partial charge < -0.3 is 4.90 Å². The van der Waals surface area contributed by atoms with Gasteiger partial charge in [-0.25, -0.2) is 4.68 Å². The number of hydrogen-bond donors (Lipinski definition) is 0. The van der Waals surface area contributed by atoms with Crippen LogP contribution < -0.4 is 0 Å². The number of likely N-dealkylation sites (tertiary alicyclic amines) is 1. The minimum atomic E-state index is 0.170. The van der Waals surface area contributed by atoms with E-state index in [1.807, 2.05) is 40.8 Å². The van der Waals surface area contributed by atoms with Gasteiger partial charge in [0.1, 0.15) is 5.52 Å². The van der Waals surface area contributed by atoms with Crippen molar-refractivity contribution in [2.45, 2.75) is 39.3 Å². The molecule has 1 aromatic carbocycles. The molecular weight excluding hydrogens is 316 g/mol. The molecular formula is C18H22N6O. The van der Waals surface area contributed by atoms with Crippen LogP contribution >= 0.6 is 0 Å². The standard InChI is InChI=1S/C18H22N6O/c1-13-11-14(2)24(20-13)15-7-9-22(12-15)18(25)8-10-23-17-6-4-3-5-16(17)19-21-23/h3-6,11,15H,7-10,12H2,1-2H3/t15-/m0/s1. The third-order valence-corrected chi connectivity index (χ3v) is 4.86. The number of rotatable bonds is 4. The van der Waals surface area contributed by atoms with Crippen LogP contribution in [0.1, 0.15) is 30.3 Å². The van der Waals surface area contributed by atoms with E-state index in [0.717, 1.165) is 41.9 Å². The molecule has 130 valence electrons. The maximum Gasteiger partial charge on any atom is 0.224 e. The van der Waals surface area contributed by atoms with Gasteiger partial charge in [-0.2, -0.15) is 5.10 Å². The van der Waals surface area contributed by atoms with Crippen LogP contribution in [0, 0.1) is 13.8 Å². The summed E-state index contributed by atoms with van der Waals surface area (Å²) in [6, 6.07) is 10.2. The first kappa shape index (κ1) is 15.8. The summed E-state index contributed by atoms with van der Waals surface area (Å²) in [6.45, 7) is 6.16. The second-order valence-corrected chi connectivity index (χ2v) is 6.71. The van der Waals surface area contributed by atoms with Gasteiger partial charge in [0.2, 0.25) is 5.91 Å². The van der Waals surface area contributed by atoms with E-state index < -0.39 is 0 Å². The molecule has 0 N–H and O–H groups in total. The maximum absolute atomic E-state index is 12.6. The summed E-state index contributed by atoms with van der Waals surface area (Å²) >= 11 is 0. The number of para-hydroxylation sites is 1. The normalized spacial score (nSPS) is 17.5. The fourth-order valence-corrected chi connectivity index (χ4v) is 3.63. The Morgan fingerprint density at radius 2 is 2.12 bits per heavy atom. The van der Waals surface area contributed by atoms with Gasteiger partial charge in [-0.1, -0.05) is 17.3 Å². The molecule has 0 radical (unpaired) electrons. The Hall–Kier alpha value is -2.70. The fraction of sp³-hybridized carbons (Fsp3) is 0.444. The van der Waals surface area contributed by atoms with Crippen LogP contribution in [0.25, 0.3) is 11.0 Å². The molecule has 0 spiro atoms. The zero-order chi connectivity index (χ0) is 17.4. The molecule has 0 saturated carbocycles. The van der Waals surface area contributed by atoms with Gasteiger partial charge in [-0.05, 0) is 38.5 Å². The summed E-state index contributed by atoms with van der Waals surface area (Å²) in [5.74, 6) is 0.170. The SMILES string of the molecule is Cc1cc(C)n([C@H]2CCN(C(=O)CCn3nnc4ccccc43)C2)n1. The fourth-order valence-electron chi connectivity index (χ4n) is 3.63. The molecule has 0 aliphatic carbocycles. The third kappa shape index (κ3) is 3.01. The lowest BCUT2D eigenvalue weighted by molar-refractivity contribution is -0.130. The van der Waals surface area contributed by atoms with Gasteiger partial charge in [0.25, 0.3) is 0 Å². The molecule has 3 heterocycles. The molecule has 1 aliphatic heterocycles. The van der Waals surface area contributed by atoms with Crippen molar-refractivity contribution in [1.82, 2.24) is 29.7 Å². The number of fused-ring (bicyclic) bond motifs is 1. The Kier molecular flexibility index (Phi) is 3.99. The van der Waals surface area contributed by atoms with Gasteiger partial charge in [0.05, 0.1) is 23.8 Å². The molecule has 25 heavy (non-hydrogen) atoms. The van der Waals surface area contributed by atoms with Gasteiger partial charge in [-0.3, -0.25) is 9.48 Å². The Labute approximate surface area is 146 Å². The van der Waals surface area contributed by atoms with Crippen molar-refractivity contribution in [3.8, 4) is 0 Å². The Morgan fingerprint density at radius 1 is 1.28 bits per heavy atom. The van der Waals surface area contributed by atoms with Crippen molar-refractivity contribution in [1.29, 1.82) is 0 Å². The molecule has 0 unspecified atom stereocenters. The van der Waals surface area contributed by atoms with Crippen LogP contribution in [0.15, 0.2) is 30.3 Å². The number of aryl methyl sites for hydroxylation is 3. The second-order valence-electron chi connectivity index (χ2n) is 6.71. The molecule has 2 aromatic heterocycles. The molecule has 7 nitrogen and oxygen atoms in total. The topological polar surface area (TPSA) is 68.8 Å². The van der Waals surface area contributed by atoms with Crippen LogP contribution in [0.5, 0.6) is 0 Å². The zero-order valence-electron chi connectivity index (χ0n) is 14.6. The molecule has 1 saturated heterocycles. The lowest BCUT2D eigenvalue weighted by Crippen LogP contribution is -2.30. The molecule has 0 bridgehead atoms. The first-order valence-corrected chi connectivity index (χ1v) is 8.70. The average Bonchev–Trinajstić information content (AvgIpc) is 3.31. The first-order chi connectivity index (χ1) is 12.1.